The van der Waals surface area contributed by atoms with Gasteiger partial charge in [0.05, 0.1) is 10.5 Å². The lowest BCUT2D eigenvalue weighted by Crippen LogP contribution is -2.64. The second-order valence-corrected chi connectivity index (χ2v) is 7.47. The molecule has 0 spiro atoms. The Labute approximate surface area is 111 Å². The first-order valence-electron chi connectivity index (χ1n) is 6.32. The number of aliphatic hydroxyl groups is 1. The molecule has 0 radical (unpaired) electrons. The number of hydrogen-bond donors (Lipinski definition) is 1. The summed E-state index contributed by atoms with van der Waals surface area (Å²) in [5, 5.41) is 10.2. The Morgan fingerprint density at radius 1 is 1.37 bits per heavy atom. The van der Waals surface area contributed by atoms with Crippen LogP contribution in [0.1, 0.15) is 18.4 Å². The lowest BCUT2D eigenvalue weighted by Gasteiger charge is -2.45. The van der Waals surface area contributed by atoms with Gasteiger partial charge < -0.3 is 5.11 Å². The predicted molar refractivity (Wildman–Crippen MR) is 67.6 cm³/mol. The summed E-state index contributed by atoms with van der Waals surface area (Å²) in [4.78, 5) is -0.00894. The molecule has 3 rings (SSSR count). The van der Waals surface area contributed by atoms with E-state index >= 15 is 0 Å². The first-order valence-corrected chi connectivity index (χ1v) is 7.76. The Kier molecular flexibility index (Phi) is 2.75. The van der Waals surface area contributed by atoms with Gasteiger partial charge in [-0.05, 0) is 43.4 Å². The van der Waals surface area contributed by atoms with Crippen LogP contribution in [-0.2, 0) is 10.0 Å². The third-order valence-electron chi connectivity index (χ3n) is 4.01. The largest absolute Gasteiger partial charge is 0.387 e. The lowest BCUT2D eigenvalue weighted by atomic mass is 9.91. The molecule has 0 aromatic heterocycles. The van der Waals surface area contributed by atoms with Crippen LogP contribution in [0.25, 0.3) is 0 Å². The van der Waals surface area contributed by atoms with E-state index in [0.29, 0.717) is 5.56 Å². The van der Waals surface area contributed by atoms with Gasteiger partial charge in [0.2, 0.25) is 10.0 Å². The van der Waals surface area contributed by atoms with Gasteiger partial charge in [0.15, 0.2) is 0 Å². The van der Waals surface area contributed by atoms with Crippen LogP contribution >= 0.6 is 0 Å². The maximum Gasteiger partial charge on any atom is 0.243 e. The second-order valence-electron chi connectivity index (χ2n) is 5.56. The van der Waals surface area contributed by atoms with Crippen molar-refractivity contribution in [3.63, 3.8) is 0 Å². The maximum atomic E-state index is 13.2. The highest BCUT2D eigenvalue weighted by atomic mass is 32.2. The van der Waals surface area contributed by atoms with Crippen molar-refractivity contribution >= 4 is 10.0 Å². The summed E-state index contributed by atoms with van der Waals surface area (Å²) in [5.41, 5.74) is -0.350. The third kappa shape index (κ3) is 2.07. The van der Waals surface area contributed by atoms with Crippen LogP contribution in [0, 0.1) is 18.7 Å². The molecule has 6 heteroatoms. The van der Waals surface area contributed by atoms with E-state index in [4.69, 9.17) is 0 Å². The van der Waals surface area contributed by atoms with Crippen molar-refractivity contribution < 1.29 is 17.9 Å². The van der Waals surface area contributed by atoms with E-state index in [1.54, 1.807) is 6.92 Å². The van der Waals surface area contributed by atoms with Crippen molar-refractivity contribution in [2.75, 3.05) is 13.1 Å². The molecule has 1 saturated carbocycles. The van der Waals surface area contributed by atoms with E-state index < -0.39 is 21.4 Å². The normalized spacial score (nSPS) is 23.1. The van der Waals surface area contributed by atoms with Crippen LogP contribution in [0.4, 0.5) is 4.39 Å². The monoisotopic (exact) mass is 285 g/mol. The average molecular weight is 285 g/mol. The molecule has 0 bridgehead atoms. The minimum Gasteiger partial charge on any atom is -0.387 e. The number of benzene rings is 1. The minimum atomic E-state index is -3.70. The number of aryl methyl sites for hydroxylation is 1. The zero-order chi connectivity index (χ0) is 13.8. The number of hydrogen-bond acceptors (Lipinski definition) is 3. The predicted octanol–water partition coefficient (Wildman–Crippen LogP) is 1.28. The van der Waals surface area contributed by atoms with E-state index in [2.05, 4.69) is 0 Å². The number of sulfonamides is 1. The fraction of sp³-hybridized carbons (Fsp3) is 0.538. The van der Waals surface area contributed by atoms with E-state index in [-0.39, 0.29) is 23.9 Å². The molecule has 2 fully saturated rings. The van der Waals surface area contributed by atoms with Gasteiger partial charge in [-0.1, -0.05) is 6.07 Å². The molecule has 1 heterocycles. The van der Waals surface area contributed by atoms with Crippen molar-refractivity contribution in [3.05, 3.63) is 29.6 Å². The van der Waals surface area contributed by atoms with Gasteiger partial charge in [0, 0.05) is 13.1 Å². The molecular formula is C13H16FNO3S. The second kappa shape index (κ2) is 4.01. The first kappa shape index (κ1) is 13.0. The Morgan fingerprint density at radius 2 is 2.00 bits per heavy atom. The SMILES string of the molecule is Cc1ccc(F)cc1S(=O)(=O)N1CC(O)(C2CC2)C1. The number of nitrogens with zero attached hydrogens (tertiary/aromatic N) is 1. The van der Waals surface area contributed by atoms with Gasteiger partial charge in [0.1, 0.15) is 5.82 Å². The molecule has 1 aromatic rings. The molecule has 1 saturated heterocycles. The fourth-order valence-corrected chi connectivity index (χ4v) is 4.41. The molecule has 4 nitrogen and oxygen atoms in total. The topological polar surface area (TPSA) is 57.6 Å². The van der Waals surface area contributed by atoms with Crippen molar-refractivity contribution in [2.45, 2.75) is 30.3 Å². The minimum absolute atomic E-state index is 0.00894. The Balaban J connectivity index is 1.86. The highest BCUT2D eigenvalue weighted by molar-refractivity contribution is 7.89. The zero-order valence-corrected chi connectivity index (χ0v) is 11.5. The first-order chi connectivity index (χ1) is 8.83. The van der Waals surface area contributed by atoms with Gasteiger partial charge >= 0.3 is 0 Å². The van der Waals surface area contributed by atoms with Crippen LogP contribution in [0.2, 0.25) is 0 Å². The van der Waals surface area contributed by atoms with Crippen LogP contribution in [0.15, 0.2) is 23.1 Å². The van der Waals surface area contributed by atoms with Gasteiger partial charge in [-0.15, -0.1) is 0 Å². The molecule has 19 heavy (non-hydrogen) atoms. The van der Waals surface area contributed by atoms with E-state index in [9.17, 15) is 17.9 Å². The number of halogens is 1. The van der Waals surface area contributed by atoms with Gasteiger partial charge in [-0.3, -0.25) is 0 Å². The zero-order valence-electron chi connectivity index (χ0n) is 10.6. The van der Waals surface area contributed by atoms with Gasteiger partial charge in [-0.25, -0.2) is 12.8 Å². The number of β-amino-alcohol motifs (C(OH)–C–C–N with tert-alkyl or cyclic N) is 1. The molecule has 0 amide bonds. The highest BCUT2D eigenvalue weighted by Gasteiger charge is 2.55. The summed E-state index contributed by atoms with van der Waals surface area (Å²) >= 11 is 0. The highest BCUT2D eigenvalue weighted by Crippen LogP contribution is 2.46. The van der Waals surface area contributed by atoms with E-state index in [1.165, 1.54) is 16.4 Å². The van der Waals surface area contributed by atoms with Gasteiger partial charge in [0.25, 0.3) is 0 Å². The van der Waals surface area contributed by atoms with Crippen LogP contribution < -0.4 is 0 Å². The van der Waals surface area contributed by atoms with E-state index in [0.717, 1.165) is 18.9 Å². The Bertz CT molecular complexity index is 619. The number of rotatable bonds is 3. The lowest BCUT2D eigenvalue weighted by molar-refractivity contribution is -0.0765. The molecule has 1 aromatic carbocycles. The fourth-order valence-electron chi connectivity index (χ4n) is 2.60. The molecule has 2 aliphatic rings. The molecule has 1 aliphatic carbocycles. The third-order valence-corrected chi connectivity index (χ3v) is 5.94. The molecule has 0 atom stereocenters. The van der Waals surface area contributed by atoms with Crippen LogP contribution in [0.5, 0.6) is 0 Å². The van der Waals surface area contributed by atoms with Crippen molar-refractivity contribution in [2.24, 2.45) is 5.92 Å². The van der Waals surface area contributed by atoms with Crippen LogP contribution in [-0.4, -0.2) is 36.5 Å². The molecule has 1 N–H and O–H groups in total. The summed E-state index contributed by atoms with van der Waals surface area (Å²) in [6.07, 6.45) is 1.92. The summed E-state index contributed by atoms with van der Waals surface area (Å²) in [7, 11) is -3.70. The quantitative estimate of drug-likeness (QED) is 0.910. The molecular weight excluding hydrogens is 269 g/mol. The maximum absolute atomic E-state index is 13.2. The summed E-state index contributed by atoms with van der Waals surface area (Å²) in [5.74, 6) is -0.338. The van der Waals surface area contributed by atoms with E-state index in [1.807, 2.05) is 0 Å². The molecule has 104 valence electrons. The smallest absolute Gasteiger partial charge is 0.243 e. The van der Waals surface area contributed by atoms with Gasteiger partial charge in [-0.2, -0.15) is 4.31 Å². The summed E-state index contributed by atoms with van der Waals surface area (Å²) in [6.45, 7) is 1.88. The average Bonchev–Trinajstić information content (AvgIpc) is 3.12. The summed E-state index contributed by atoms with van der Waals surface area (Å²) < 4.78 is 39.2. The molecule has 0 unspecified atom stereocenters. The van der Waals surface area contributed by atoms with Crippen molar-refractivity contribution in [1.82, 2.24) is 4.31 Å². The standard InChI is InChI=1S/C13H16FNO3S/c1-9-2-5-11(14)6-12(9)19(17,18)15-7-13(16,8-15)10-3-4-10/h2,5-6,10,16H,3-4,7-8H2,1H3. The van der Waals surface area contributed by atoms with Crippen LogP contribution in [0.3, 0.4) is 0 Å². The Hall–Kier alpha value is -0.980. The van der Waals surface area contributed by atoms with Crippen molar-refractivity contribution in [3.8, 4) is 0 Å². The molecule has 1 aliphatic heterocycles. The van der Waals surface area contributed by atoms with Crippen molar-refractivity contribution in [1.29, 1.82) is 0 Å². The Morgan fingerprint density at radius 3 is 2.58 bits per heavy atom. The summed E-state index contributed by atoms with van der Waals surface area (Å²) in [6, 6.07) is 3.74.